The Labute approximate surface area is 120 Å². The maximum Gasteiger partial charge on any atom is 0.257 e. The summed E-state index contributed by atoms with van der Waals surface area (Å²) in [5.74, 6) is -0.274. The molecule has 0 bridgehead atoms. The Hall–Kier alpha value is -1.65. The SMILES string of the molecule is CCCNc1ncc(F)cc1C(=O)N(C)CC(C)(C)C. The van der Waals surface area contributed by atoms with Crippen LogP contribution in [-0.2, 0) is 0 Å². The second-order valence-electron chi connectivity index (χ2n) is 6.20. The lowest BCUT2D eigenvalue weighted by Crippen LogP contribution is -2.35. The number of amides is 1. The number of carbonyl (C=O) groups is 1. The van der Waals surface area contributed by atoms with Crippen molar-refractivity contribution in [2.75, 3.05) is 25.5 Å². The number of aromatic nitrogens is 1. The van der Waals surface area contributed by atoms with Crippen LogP contribution in [0.5, 0.6) is 0 Å². The van der Waals surface area contributed by atoms with Crippen molar-refractivity contribution < 1.29 is 9.18 Å². The van der Waals surface area contributed by atoms with Crippen LogP contribution in [0.1, 0.15) is 44.5 Å². The van der Waals surface area contributed by atoms with Gasteiger partial charge in [-0.1, -0.05) is 27.7 Å². The summed E-state index contributed by atoms with van der Waals surface area (Å²) in [7, 11) is 1.72. The lowest BCUT2D eigenvalue weighted by atomic mass is 9.96. The third-order valence-electron chi connectivity index (χ3n) is 2.69. The third-order valence-corrected chi connectivity index (χ3v) is 2.69. The molecule has 1 N–H and O–H groups in total. The summed E-state index contributed by atoms with van der Waals surface area (Å²) in [6, 6.07) is 1.24. The summed E-state index contributed by atoms with van der Waals surface area (Å²) in [5, 5.41) is 3.06. The highest BCUT2D eigenvalue weighted by molar-refractivity contribution is 5.98. The fourth-order valence-electron chi connectivity index (χ4n) is 1.98. The molecule has 4 nitrogen and oxygen atoms in total. The van der Waals surface area contributed by atoms with Gasteiger partial charge in [-0.05, 0) is 17.9 Å². The summed E-state index contributed by atoms with van der Waals surface area (Å²) in [4.78, 5) is 18.0. The predicted molar refractivity (Wildman–Crippen MR) is 79.4 cm³/mol. The fraction of sp³-hybridized carbons (Fsp3) is 0.600. The van der Waals surface area contributed by atoms with Crippen molar-refractivity contribution in [1.29, 1.82) is 0 Å². The molecule has 0 spiro atoms. The fourth-order valence-corrected chi connectivity index (χ4v) is 1.98. The van der Waals surface area contributed by atoms with Crippen LogP contribution in [0.3, 0.4) is 0 Å². The zero-order chi connectivity index (χ0) is 15.3. The highest BCUT2D eigenvalue weighted by Crippen LogP contribution is 2.19. The van der Waals surface area contributed by atoms with Crippen molar-refractivity contribution in [3.05, 3.63) is 23.6 Å². The maximum atomic E-state index is 13.4. The number of pyridine rings is 1. The molecular formula is C15H24FN3O. The average molecular weight is 281 g/mol. The lowest BCUT2D eigenvalue weighted by Gasteiger charge is -2.27. The molecule has 0 radical (unpaired) electrons. The van der Waals surface area contributed by atoms with Gasteiger partial charge in [-0.25, -0.2) is 9.37 Å². The normalized spacial score (nSPS) is 11.3. The molecule has 0 saturated heterocycles. The summed E-state index contributed by atoms with van der Waals surface area (Å²) in [5.41, 5.74) is 0.271. The standard InChI is InChI=1S/C15H24FN3O/c1-6-7-17-13-12(8-11(16)9-18-13)14(20)19(5)10-15(2,3)4/h8-9H,6-7,10H2,1-5H3,(H,17,18). The molecule has 0 atom stereocenters. The van der Waals surface area contributed by atoms with E-state index in [0.29, 0.717) is 18.9 Å². The van der Waals surface area contributed by atoms with Gasteiger partial charge in [-0.3, -0.25) is 4.79 Å². The highest BCUT2D eigenvalue weighted by Gasteiger charge is 2.22. The zero-order valence-corrected chi connectivity index (χ0v) is 13.0. The van der Waals surface area contributed by atoms with Crippen molar-refractivity contribution >= 4 is 11.7 Å². The van der Waals surface area contributed by atoms with Crippen LogP contribution in [-0.4, -0.2) is 35.9 Å². The van der Waals surface area contributed by atoms with Gasteiger partial charge in [0.1, 0.15) is 11.6 Å². The molecule has 1 aromatic heterocycles. The van der Waals surface area contributed by atoms with E-state index >= 15 is 0 Å². The minimum absolute atomic E-state index is 0.0117. The minimum atomic E-state index is -0.500. The first-order valence-corrected chi connectivity index (χ1v) is 6.89. The minimum Gasteiger partial charge on any atom is -0.369 e. The van der Waals surface area contributed by atoms with Crippen LogP contribution in [0.2, 0.25) is 0 Å². The largest absolute Gasteiger partial charge is 0.369 e. The second-order valence-corrected chi connectivity index (χ2v) is 6.20. The molecule has 1 aromatic rings. The van der Waals surface area contributed by atoms with Gasteiger partial charge < -0.3 is 10.2 Å². The number of carbonyl (C=O) groups excluding carboxylic acids is 1. The summed E-state index contributed by atoms with van der Waals surface area (Å²) < 4.78 is 13.4. The average Bonchev–Trinajstić information content (AvgIpc) is 2.34. The van der Waals surface area contributed by atoms with Crippen LogP contribution < -0.4 is 5.32 Å². The lowest BCUT2D eigenvalue weighted by molar-refractivity contribution is 0.0745. The number of nitrogens with one attached hydrogen (secondary N) is 1. The number of hydrogen-bond donors (Lipinski definition) is 1. The molecule has 0 saturated carbocycles. The molecule has 20 heavy (non-hydrogen) atoms. The van der Waals surface area contributed by atoms with E-state index in [1.54, 1.807) is 11.9 Å². The molecule has 0 aliphatic carbocycles. The van der Waals surface area contributed by atoms with E-state index < -0.39 is 5.82 Å². The van der Waals surface area contributed by atoms with Gasteiger partial charge in [0, 0.05) is 20.1 Å². The molecule has 0 unspecified atom stereocenters. The van der Waals surface area contributed by atoms with Gasteiger partial charge in [-0.15, -0.1) is 0 Å². The Kier molecular flexibility index (Phi) is 5.48. The zero-order valence-electron chi connectivity index (χ0n) is 13.0. The van der Waals surface area contributed by atoms with E-state index in [4.69, 9.17) is 0 Å². The van der Waals surface area contributed by atoms with Crippen LogP contribution in [0.4, 0.5) is 10.2 Å². The van der Waals surface area contributed by atoms with Gasteiger partial charge in [0.05, 0.1) is 11.8 Å². The molecule has 1 heterocycles. The first-order chi connectivity index (χ1) is 9.24. The second kappa shape index (κ2) is 6.68. The Morgan fingerprint density at radius 3 is 2.65 bits per heavy atom. The first-order valence-electron chi connectivity index (χ1n) is 6.89. The van der Waals surface area contributed by atoms with Crippen molar-refractivity contribution in [3.63, 3.8) is 0 Å². The van der Waals surface area contributed by atoms with Gasteiger partial charge in [0.25, 0.3) is 5.91 Å². The molecular weight excluding hydrogens is 257 g/mol. The number of halogens is 1. The van der Waals surface area contributed by atoms with E-state index in [0.717, 1.165) is 12.6 Å². The van der Waals surface area contributed by atoms with Gasteiger partial charge in [-0.2, -0.15) is 0 Å². The van der Waals surface area contributed by atoms with Gasteiger partial charge in [0.15, 0.2) is 0 Å². The van der Waals surface area contributed by atoms with Crippen LogP contribution in [0.15, 0.2) is 12.3 Å². The Bertz CT molecular complexity index is 469. The maximum absolute atomic E-state index is 13.4. The van der Waals surface area contributed by atoms with Crippen molar-refractivity contribution in [2.24, 2.45) is 5.41 Å². The number of anilines is 1. The van der Waals surface area contributed by atoms with E-state index in [1.165, 1.54) is 6.07 Å². The third kappa shape index (κ3) is 4.79. The number of nitrogens with zero attached hydrogens (tertiary/aromatic N) is 2. The Morgan fingerprint density at radius 2 is 2.10 bits per heavy atom. The summed E-state index contributed by atoms with van der Waals surface area (Å²) in [6.07, 6.45) is 2.03. The Morgan fingerprint density at radius 1 is 1.45 bits per heavy atom. The van der Waals surface area contributed by atoms with E-state index in [2.05, 4.69) is 31.1 Å². The van der Waals surface area contributed by atoms with Gasteiger partial charge in [0.2, 0.25) is 0 Å². The monoisotopic (exact) mass is 281 g/mol. The smallest absolute Gasteiger partial charge is 0.257 e. The quantitative estimate of drug-likeness (QED) is 0.901. The van der Waals surface area contributed by atoms with Crippen LogP contribution in [0, 0.1) is 11.2 Å². The molecule has 112 valence electrons. The number of hydrogen-bond acceptors (Lipinski definition) is 3. The first kappa shape index (κ1) is 16.4. The summed E-state index contributed by atoms with van der Waals surface area (Å²) >= 11 is 0. The van der Waals surface area contributed by atoms with E-state index in [1.807, 2.05) is 6.92 Å². The summed E-state index contributed by atoms with van der Waals surface area (Å²) in [6.45, 7) is 9.46. The Balaban J connectivity index is 2.98. The van der Waals surface area contributed by atoms with E-state index in [-0.39, 0.29) is 16.9 Å². The highest BCUT2D eigenvalue weighted by atomic mass is 19.1. The molecule has 1 rings (SSSR count). The topological polar surface area (TPSA) is 45.2 Å². The molecule has 0 fully saturated rings. The van der Waals surface area contributed by atoms with Gasteiger partial charge >= 0.3 is 0 Å². The van der Waals surface area contributed by atoms with E-state index in [9.17, 15) is 9.18 Å². The molecule has 0 aliphatic heterocycles. The molecule has 5 heteroatoms. The van der Waals surface area contributed by atoms with Crippen molar-refractivity contribution in [3.8, 4) is 0 Å². The molecule has 0 aliphatic rings. The van der Waals surface area contributed by atoms with Crippen molar-refractivity contribution in [1.82, 2.24) is 9.88 Å². The van der Waals surface area contributed by atoms with Crippen LogP contribution >= 0.6 is 0 Å². The number of rotatable bonds is 5. The van der Waals surface area contributed by atoms with Crippen molar-refractivity contribution in [2.45, 2.75) is 34.1 Å². The molecule has 1 amide bonds. The van der Waals surface area contributed by atoms with Crippen LogP contribution in [0.25, 0.3) is 0 Å². The molecule has 0 aromatic carbocycles. The predicted octanol–water partition coefficient (Wildman–Crippen LogP) is 3.16.